The molecule has 0 fully saturated rings. The van der Waals surface area contributed by atoms with E-state index in [-0.39, 0.29) is 13.8 Å². The second-order valence-electron chi connectivity index (χ2n) is 0.509. The normalized spacial score (nSPS) is 5.14. The molecule has 0 heterocycles. The van der Waals surface area contributed by atoms with E-state index in [1.54, 1.807) is 11.8 Å². The van der Waals surface area contributed by atoms with Crippen molar-refractivity contribution in [2.24, 2.45) is 0 Å². The predicted octanol–water partition coefficient (Wildman–Crippen LogP) is 1.22. The van der Waals surface area contributed by atoms with E-state index in [0.29, 0.717) is 0 Å². The lowest BCUT2D eigenvalue weighted by Crippen LogP contribution is -1.25. The van der Waals surface area contributed by atoms with E-state index in [9.17, 15) is 0 Å². The van der Waals surface area contributed by atoms with Crippen LogP contribution in [-0.2, 0) is 0 Å². The van der Waals surface area contributed by atoms with Gasteiger partial charge in [-0.15, -0.1) is 23.2 Å². The van der Waals surface area contributed by atoms with E-state index < -0.39 is 0 Å². The lowest BCUT2D eigenvalue weighted by molar-refractivity contribution is 2.20. The van der Waals surface area contributed by atoms with Crippen LogP contribution in [-0.4, -0.2) is 26.3 Å². The molecule has 0 aromatic heterocycles. The zero-order valence-electron chi connectivity index (χ0n) is 3.87. The Morgan fingerprint density at radius 3 is 1.29 bits per heavy atom. The summed E-state index contributed by atoms with van der Waals surface area (Å²) < 4.78 is 0. The summed E-state index contributed by atoms with van der Waals surface area (Å²) in [5.41, 5.74) is 0. The van der Waals surface area contributed by atoms with Gasteiger partial charge in [-0.1, -0.05) is 0 Å². The molecule has 0 saturated heterocycles. The molecule has 7 heavy (non-hydrogen) atoms. The first kappa shape index (κ1) is 15.7. The number of hydrogen-bond acceptors (Lipinski definition) is 1. The van der Waals surface area contributed by atoms with E-state index in [1.807, 2.05) is 12.5 Å². The van der Waals surface area contributed by atoms with Gasteiger partial charge in [-0.2, -0.15) is 11.8 Å². The number of hydrogen-bond donors (Lipinski definition) is 0. The van der Waals surface area contributed by atoms with E-state index in [4.69, 9.17) is 23.2 Å². The van der Waals surface area contributed by atoms with Gasteiger partial charge in [0.2, 0.25) is 0 Å². The number of alkyl halides is 2. The van der Waals surface area contributed by atoms with Gasteiger partial charge in [-0.25, -0.2) is 0 Å². The fraction of sp³-hybridized carbons (Fsp3) is 1.00. The smallest absolute Gasteiger partial charge is 0.0967 e. The molecule has 0 aromatic carbocycles. The van der Waals surface area contributed by atoms with Crippen molar-refractivity contribution in [3.05, 3.63) is 0 Å². The Balaban J connectivity index is -0.0000000400. The Morgan fingerprint density at radius 1 is 1.29 bits per heavy atom. The predicted molar refractivity (Wildman–Crippen MR) is 46.0 cm³/mol. The van der Waals surface area contributed by atoms with Gasteiger partial charge in [-0.3, -0.25) is 0 Å². The van der Waals surface area contributed by atoms with Gasteiger partial charge in [0, 0.05) is 0 Å². The summed E-state index contributed by atoms with van der Waals surface area (Å²) in [5, 5.41) is 0.194. The zero-order valence-corrected chi connectivity index (χ0v) is 6.20. The van der Waals surface area contributed by atoms with Crippen LogP contribution in [0, 0.1) is 0 Å². The maximum atomic E-state index is 4.76. The molecule has 0 rings (SSSR count). The van der Waals surface area contributed by atoms with Crippen LogP contribution in [0.4, 0.5) is 0 Å². The Kier molecular flexibility index (Phi) is 62.8. The zero-order chi connectivity index (χ0) is 5.41. The van der Waals surface area contributed by atoms with E-state index in [2.05, 4.69) is 0 Å². The quantitative estimate of drug-likeness (QED) is 0.380. The molecule has 0 nitrogen and oxygen atoms in total. The van der Waals surface area contributed by atoms with Gasteiger partial charge in [0.1, 0.15) is 0 Å². The van der Waals surface area contributed by atoms with Crippen molar-refractivity contribution in [3.63, 3.8) is 0 Å². The van der Waals surface area contributed by atoms with Gasteiger partial charge in [-0.05, 0) is 12.5 Å². The Morgan fingerprint density at radius 2 is 1.29 bits per heavy atom. The van der Waals surface area contributed by atoms with Crippen LogP contribution in [0.5, 0.6) is 0 Å². The average molecular weight is 161 g/mol. The summed E-state index contributed by atoms with van der Waals surface area (Å²) in [7, 11) is 0. The van der Waals surface area contributed by atoms with Crippen molar-refractivity contribution in [1.82, 2.24) is 0 Å². The molecule has 4 heteroatoms. The molecule has 46 valence electrons. The fourth-order valence-electron chi connectivity index (χ4n) is 0. The third-order valence-corrected chi connectivity index (χ3v) is 0. The molecule has 0 aliphatic rings. The van der Waals surface area contributed by atoms with Gasteiger partial charge in [0.05, 0.1) is 13.8 Å². The van der Waals surface area contributed by atoms with Crippen LogP contribution in [0.1, 0.15) is 0 Å². The van der Waals surface area contributed by atoms with Crippen molar-refractivity contribution in [2.45, 2.75) is 0 Å². The maximum absolute atomic E-state index is 4.76. The first-order valence-corrected chi connectivity index (χ1v) is 4.05. The Hall–Kier alpha value is 0.995. The minimum absolute atomic E-state index is 0. The Labute approximate surface area is 61.5 Å². The summed E-state index contributed by atoms with van der Waals surface area (Å²) in [6, 6.07) is 0. The van der Waals surface area contributed by atoms with Crippen molar-refractivity contribution < 1.29 is 0 Å². The summed E-state index contributed by atoms with van der Waals surface area (Å²) in [6.45, 7) is 0. The molecule has 0 amide bonds. The fourth-order valence-corrected chi connectivity index (χ4v) is 0. The molecular weight excluding hydrogens is 150 g/mol. The Bertz CT molecular complexity index is 14.9. The average Bonchev–Trinajstić information content (AvgIpc) is 1.39. The standard InChI is InChI=1S/C2H6S.CH2Cl2.BH3/c1-3-2;2-1-3;/h1-2H3;1H2;1H3. The molecule has 0 radical (unpaired) electrons. The van der Waals surface area contributed by atoms with Gasteiger partial charge < -0.3 is 0 Å². The molecule has 0 aromatic rings. The first-order chi connectivity index (χ1) is 2.83. The van der Waals surface area contributed by atoms with Crippen molar-refractivity contribution in [2.75, 3.05) is 17.9 Å². The van der Waals surface area contributed by atoms with E-state index in [1.165, 1.54) is 0 Å². The highest BCUT2D eigenvalue weighted by atomic mass is 35.5. The third kappa shape index (κ3) is 176. The van der Waals surface area contributed by atoms with Gasteiger partial charge in [0.15, 0.2) is 0 Å². The lowest BCUT2D eigenvalue weighted by atomic mass is 10.8. The van der Waals surface area contributed by atoms with Crippen LogP contribution in [0.25, 0.3) is 0 Å². The van der Waals surface area contributed by atoms with Crippen LogP contribution < -0.4 is 0 Å². The minimum Gasteiger partial charge on any atom is -0.169 e. The number of rotatable bonds is 0. The summed E-state index contributed by atoms with van der Waals surface area (Å²) in [4.78, 5) is 0. The van der Waals surface area contributed by atoms with Crippen molar-refractivity contribution in [3.8, 4) is 0 Å². The number of halogens is 2. The highest BCUT2D eigenvalue weighted by molar-refractivity contribution is 7.97. The van der Waals surface area contributed by atoms with E-state index >= 15 is 0 Å². The molecular formula is C3H11BCl2S. The van der Waals surface area contributed by atoms with Crippen LogP contribution >= 0.6 is 35.0 Å². The first-order valence-electron chi connectivity index (χ1n) is 1.35. The second kappa shape index (κ2) is 28.0. The minimum atomic E-state index is 0. The molecule has 0 bridgehead atoms. The molecule has 0 aliphatic heterocycles. The summed E-state index contributed by atoms with van der Waals surface area (Å²) in [5.74, 6) is 0. The van der Waals surface area contributed by atoms with Gasteiger partial charge >= 0.3 is 0 Å². The topological polar surface area (TPSA) is 0 Å². The molecule has 0 N–H and O–H groups in total. The van der Waals surface area contributed by atoms with Crippen molar-refractivity contribution in [1.29, 1.82) is 0 Å². The van der Waals surface area contributed by atoms with Crippen LogP contribution in [0.2, 0.25) is 0 Å². The van der Waals surface area contributed by atoms with E-state index in [0.717, 1.165) is 0 Å². The third-order valence-electron chi connectivity index (χ3n) is 0. The lowest BCUT2D eigenvalue weighted by Gasteiger charge is -1.51. The van der Waals surface area contributed by atoms with Crippen LogP contribution in [0.15, 0.2) is 0 Å². The number of thioether (sulfide) groups is 1. The molecule has 0 atom stereocenters. The molecule has 0 spiro atoms. The van der Waals surface area contributed by atoms with Crippen LogP contribution in [0.3, 0.4) is 0 Å². The monoisotopic (exact) mass is 160 g/mol. The van der Waals surface area contributed by atoms with Gasteiger partial charge in [0.25, 0.3) is 0 Å². The van der Waals surface area contributed by atoms with Crippen molar-refractivity contribution >= 4 is 43.4 Å². The largest absolute Gasteiger partial charge is 0.169 e. The molecule has 0 unspecified atom stereocenters. The molecule has 0 aliphatic carbocycles. The maximum Gasteiger partial charge on any atom is 0.0967 e. The summed E-state index contributed by atoms with van der Waals surface area (Å²) in [6.07, 6.45) is 4.08. The molecule has 0 saturated carbocycles. The SMILES string of the molecule is B.CSC.ClCCl. The second-order valence-corrected chi connectivity index (χ2v) is 2.13. The highest BCUT2D eigenvalue weighted by Crippen LogP contribution is 1.73. The summed E-state index contributed by atoms with van der Waals surface area (Å²) >= 11 is 11.3. The highest BCUT2D eigenvalue weighted by Gasteiger charge is 1.41.